The molecule has 1 amide bonds. The Balaban J connectivity index is 1.58. The number of rotatable bonds is 4. The minimum absolute atomic E-state index is 0.0980. The Hall–Kier alpha value is -2.62. The van der Waals surface area contributed by atoms with E-state index in [9.17, 15) is 4.79 Å². The summed E-state index contributed by atoms with van der Waals surface area (Å²) in [5.41, 5.74) is 10.0. The van der Waals surface area contributed by atoms with Gasteiger partial charge >= 0.3 is 0 Å². The van der Waals surface area contributed by atoms with Gasteiger partial charge in [-0.1, -0.05) is 60.9 Å². The average Bonchev–Trinajstić information content (AvgIpc) is 3.35. The first-order chi connectivity index (χ1) is 13.6. The number of hydrogen-bond donors (Lipinski definition) is 1. The largest absolute Gasteiger partial charge is 0.369 e. The summed E-state index contributed by atoms with van der Waals surface area (Å²) in [6, 6.07) is 17.1. The summed E-state index contributed by atoms with van der Waals surface area (Å²) < 4.78 is 0. The fraction of sp³-hybridized carbons (Fsp3) is 0.417. The van der Waals surface area contributed by atoms with Crippen molar-refractivity contribution in [2.45, 2.75) is 57.0 Å². The molecule has 3 aliphatic rings. The Morgan fingerprint density at radius 1 is 1.00 bits per heavy atom. The van der Waals surface area contributed by atoms with Crippen molar-refractivity contribution in [1.82, 2.24) is 4.90 Å². The Kier molecular flexibility index (Phi) is 4.04. The lowest BCUT2D eigenvalue weighted by Crippen LogP contribution is -2.48. The van der Waals surface area contributed by atoms with E-state index in [1.165, 1.54) is 24.0 Å². The van der Waals surface area contributed by atoms with Crippen LogP contribution in [0.15, 0.2) is 53.5 Å². The van der Waals surface area contributed by atoms with Crippen molar-refractivity contribution in [3.63, 3.8) is 0 Å². The van der Waals surface area contributed by atoms with Gasteiger partial charge in [0.15, 0.2) is 11.5 Å². The van der Waals surface area contributed by atoms with Gasteiger partial charge in [-0.2, -0.15) is 0 Å². The molecule has 0 spiro atoms. The molecule has 0 saturated heterocycles. The van der Waals surface area contributed by atoms with Crippen LogP contribution in [0.1, 0.15) is 49.7 Å². The molecule has 4 heteroatoms. The number of nitrogens with two attached hydrogens (primary N) is 1. The summed E-state index contributed by atoms with van der Waals surface area (Å²) in [4.78, 5) is 20.4. The average molecular weight is 374 g/mol. The molecule has 0 bridgehead atoms. The van der Waals surface area contributed by atoms with Crippen LogP contribution < -0.4 is 5.73 Å². The maximum Gasteiger partial charge on any atom is 0.262 e. The molecule has 2 aromatic rings. The molecular weight excluding hydrogens is 346 g/mol. The maximum atomic E-state index is 13.7. The number of amides is 1. The highest BCUT2D eigenvalue weighted by atomic mass is 16.2. The van der Waals surface area contributed by atoms with Gasteiger partial charge in [0.1, 0.15) is 0 Å². The lowest BCUT2D eigenvalue weighted by atomic mass is 9.83. The van der Waals surface area contributed by atoms with Gasteiger partial charge in [0, 0.05) is 6.04 Å². The van der Waals surface area contributed by atoms with Crippen molar-refractivity contribution in [1.29, 1.82) is 0 Å². The van der Waals surface area contributed by atoms with Gasteiger partial charge in [0.05, 0.1) is 0 Å². The van der Waals surface area contributed by atoms with E-state index in [0.29, 0.717) is 5.96 Å². The van der Waals surface area contributed by atoms with E-state index in [2.05, 4.69) is 49.4 Å². The number of hydrogen-bond acceptors (Lipinski definition) is 3. The summed E-state index contributed by atoms with van der Waals surface area (Å²) >= 11 is 0. The van der Waals surface area contributed by atoms with E-state index < -0.39 is 5.54 Å². The minimum atomic E-state index is -0.827. The van der Waals surface area contributed by atoms with Crippen LogP contribution in [0.3, 0.4) is 0 Å². The summed E-state index contributed by atoms with van der Waals surface area (Å²) in [7, 11) is 0. The second kappa shape index (κ2) is 6.47. The van der Waals surface area contributed by atoms with Gasteiger partial charge in [0.25, 0.3) is 5.91 Å². The molecule has 2 N–H and O–H groups in total. The predicted octanol–water partition coefficient (Wildman–Crippen LogP) is 4.37. The highest BCUT2D eigenvalue weighted by Gasteiger charge is 2.59. The molecule has 0 aromatic heterocycles. The van der Waals surface area contributed by atoms with E-state index >= 15 is 0 Å². The molecule has 28 heavy (non-hydrogen) atoms. The highest BCUT2D eigenvalue weighted by molar-refractivity contribution is 6.08. The molecule has 5 rings (SSSR count). The van der Waals surface area contributed by atoms with Crippen LogP contribution in [0.5, 0.6) is 0 Å². The van der Waals surface area contributed by atoms with Crippen molar-refractivity contribution in [2.24, 2.45) is 16.6 Å². The Morgan fingerprint density at radius 3 is 2.36 bits per heavy atom. The van der Waals surface area contributed by atoms with Crippen LogP contribution in [-0.4, -0.2) is 22.8 Å². The van der Waals surface area contributed by atoms with Gasteiger partial charge in [-0.05, 0) is 61.3 Å². The topological polar surface area (TPSA) is 58.7 Å². The second-order valence-electron chi connectivity index (χ2n) is 8.57. The minimum Gasteiger partial charge on any atom is -0.369 e. The summed E-state index contributed by atoms with van der Waals surface area (Å²) in [5.74, 6) is 0.781. The third-order valence-electron chi connectivity index (χ3n) is 6.59. The summed E-state index contributed by atoms with van der Waals surface area (Å²) in [6.07, 6.45) is 6.48. The molecule has 2 saturated carbocycles. The van der Waals surface area contributed by atoms with E-state index in [1.54, 1.807) is 0 Å². The number of aliphatic imine (C=N–C) groups is 1. The molecule has 1 aliphatic heterocycles. The van der Waals surface area contributed by atoms with Gasteiger partial charge in [-0.3, -0.25) is 9.69 Å². The zero-order chi connectivity index (χ0) is 19.3. The first kappa shape index (κ1) is 17.5. The molecule has 2 fully saturated rings. The smallest absolute Gasteiger partial charge is 0.262 e. The van der Waals surface area contributed by atoms with Crippen LogP contribution in [0.4, 0.5) is 0 Å². The molecule has 0 radical (unpaired) electrons. The molecule has 4 nitrogen and oxygen atoms in total. The van der Waals surface area contributed by atoms with Crippen molar-refractivity contribution in [3.8, 4) is 11.1 Å². The standard InChI is InChI=1S/C24H27N3O/c1-16-6-4-7-17(14-16)18-8-5-9-20(15-18)24(19-12-13-19)22(28)27(23(25)26-24)21-10-2-3-11-21/h4-9,14-15,19,21H,2-3,10-13H2,1H3,(H2,25,26). The zero-order valence-corrected chi connectivity index (χ0v) is 16.4. The quantitative estimate of drug-likeness (QED) is 0.865. The van der Waals surface area contributed by atoms with Gasteiger partial charge in [-0.25, -0.2) is 4.99 Å². The molecule has 144 valence electrons. The second-order valence-corrected chi connectivity index (χ2v) is 8.57. The van der Waals surface area contributed by atoms with Crippen LogP contribution in [0.2, 0.25) is 0 Å². The third kappa shape index (κ3) is 2.66. The number of guanidine groups is 1. The predicted molar refractivity (Wildman–Crippen MR) is 112 cm³/mol. The molecular formula is C24H27N3O. The zero-order valence-electron chi connectivity index (χ0n) is 16.4. The molecule has 2 aliphatic carbocycles. The number of aryl methyl sites for hydroxylation is 1. The normalized spacial score (nSPS) is 25.4. The van der Waals surface area contributed by atoms with Gasteiger partial charge in [-0.15, -0.1) is 0 Å². The fourth-order valence-corrected chi connectivity index (χ4v) is 5.04. The molecule has 1 unspecified atom stereocenters. The number of carbonyl (C=O) groups is 1. The maximum absolute atomic E-state index is 13.7. The highest BCUT2D eigenvalue weighted by Crippen LogP contribution is 2.52. The van der Waals surface area contributed by atoms with Crippen LogP contribution in [-0.2, 0) is 10.3 Å². The summed E-state index contributed by atoms with van der Waals surface area (Å²) in [5, 5.41) is 0. The van der Waals surface area contributed by atoms with E-state index in [0.717, 1.165) is 36.8 Å². The first-order valence-electron chi connectivity index (χ1n) is 10.5. The fourth-order valence-electron chi connectivity index (χ4n) is 5.04. The lowest BCUT2D eigenvalue weighted by molar-refractivity contribution is -0.133. The first-order valence-corrected chi connectivity index (χ1v) is 10.5. The lowest BCUT2D eigenvalue weighted by Gasteiger charge is -2.29. The van der Waals surface area contributed by atoms with Crippen LogP contribution in [0.25, 0.3) is 11.1 Å². The number of nitrogens with zero attached hydrogens (tertiary/aromatic N) is 2. The van der Waals surface area contributed by atoms with Crippen molar-refractivity contribution >= 4 is 11.9 Å². The molecule has 1 heterocycles. The van der Waals surface area contributed by atoms with E-state index in [4.69, 9.17) is 10.7 Å². The SMILES string of the molecule is Cc1cccc(-c2cccc(C3(C4CC4)N=C(N)N(C4CCCC4)C3=O)c2)c1. The van der Waals surface area contributed by atoms with Crippen molar-refractivity contribution in [3.05, 3.63) is 59.7 Å². The Labute approximate surface area is 166 Å². The Bertz CT molecular complexity index is 956. The summed E-state index contributed by atoms with van der Waals surface area (Å²) in [6.45, 7) is 2.10. The van der Waals surface area contributed by atoms with Gasteiger partial charge < -0.3 is 5.73 Å². The monoisotopic (exact) mass is 373 g/mol. The number of benzene rings is 2. The van der Waals surface area contributed by atoms with Crippen LogP contribution in [0, 0.1) is 12.8 Å². The van der Waals surface area contributed by atoms with E-state index in [1.807, 2.05) is 11.0 Å². The van der Waals surface area contributed by atoms with Crippen molar-refractivity contribution in [2.75, 3.05) is 0 Å². The third-order valence-corrected chi connectivity index (χ3v) is 6.59. The molecule has 1 atom stereocenters. The van der Waals surface area contributed by atoms with E-state index in [-0.39, 0.29) is 17.9 Å². The van der Waals surface area contributed by atoms with Gasteiger partial charge in [0.2, 0.25) is 0 Å². The van der Waals surface area contributed by atoms with Crippen LogP contribution >= 0.6 is 0 Å². The molecule has 2 aromatic carbocycles. The van der Waals surface area contributed by atoms with Crippen molar-refractivity contribution < 1.29 is 4.79 Å². The Morgan fingerprint density at radius 2 is 1.68 bits per heavy atom. The number of carbonyl (C=O) groups excluding carboxylic acids is 1.